The normalized spacial score (nSPS) is 10.8. The Morgan fingerprint density at radius 1 is 1.44 bits per heavy atom. The molecule has 0 aliphatic carbocycles. The van der Waals surface area contributed by atoms with Gasteiger partial charge in [0.05, 0.1) is 28.8 Å². The van der Waals surface area contributed by atoms with Crippen LogP contribution < -0.4 is 4.74 Å². The molecule has 0 aromatic carbocycles. The van der Waals surface area contributed by atoms with E-state index in [2.05, 4.69) is 10.2 Å². The number of hydrogen-bond donors (Lipinski definition) is 0. The zero-order valence-corrected chi connectivity index (χ0v) is 10.2. The van der Waals surface area contributed by atoms with Crippen molar-refractivity contribution in [1.82, 2.24) is 19.6 Å². The summed E-state index contributed by atoms with van der Waals surface area (Å²) in [6, 6.07) is 0. The summed E-state index contributed by atoms with van der Waals surface area (Å²) in [5.41, 5.74) is 1.68. The number of aromatic nitrogens is 4. The van der Waals surface area contributed by atoms with Crippen molar-refractivity contribution >= 4 is 11.6 Å². The number of halogens is 1. The maximum Gasteiger partial charge on any atom is 0.157 e. The van der Waals surface area contributed by atoms with E-state index >= 15 is 0 Å². The predicted molar refractivity (Wildman–Crippen MR) is 60.5 cm³/mol. The van der Waals surface area contributed by atoms with E-state index in [0.29, 0.717) is 11.6 Å². The van der Waals surface area contributed by atoms with Gasteiger partial charge in [-0.3, -0.25) is 9.36 Å². The van der Waals surface area contributed by atoms with Crippen molar-refractivity contribution < 1.29 is 4.74 Å². The van der Waals surface area contributed by atoms with Gasteiger partial charge in [-0.2, -0.15) is 10.2 Å². The predicted octanol–water partition coefficient (Wildman–Crippen LogP) is 1.69. The molecule has 5 nitrogen and oxygen atoms in total. The second-order valence-electron chi connectivity index (χ2n) is 3.61. The Bertz CT molecular complexity index is 503. The first-order chi connectivity index (χ1) is 7.58. The largest absolute Gasteiger partial charge is 0.484 e. The summed E-state index contributed by atoms with van der Waals surface area (Å²) in [6.07, 6.45) is 3.47. The molecule has 6 heteroatoms. The van der Waals surface area contributed by atoms with Crippen LogP contribution in [0.25, 0.3) is 0 Å². The monoisotopic (exact) mass is 240 g/mol. The summed E-state index contributed by atoms with van der Waals surface area (Å²) in [7, 11) is 3.69. The summed E-state index contributed by atoms with van der Waals surface area (Å²) < 4.78 is 8.98. The van der Waals surface area contributed by atoms with E-state index in [1.165, 1.54) is 0 Å². The SMILES string of the molecule is Cc1nn(C)c(COc2cnn(C)c2)c1Cl. The van der Waals surface area contributed by atoms with Gasteiger partial charge in [-0.1, -0.05) is 11.6 Å². The van der Waals surface area contributed by atoms with Crippen LogP contribution in [0.4, 0.5) is 0 Å². The van der Waals surface area contributed by atoms with Gasteiger partial charge in [-0.25, -0.2) is 0 Å². The van der Waals surface area contributed by atoms with Crippen LogP contribution in [0.3, 0.4) is 0 Å². The molecule has 0 amide bonds. The molecular formula is C10H13ClN4O. The zero-order chi connectivity index (χ0) is 11.7. The molecule has 0 aliphatic heterocycles. The standard InChI is InChI=1S/C10H13ClN4O/c1-7-10(11)9(15(3)13-7)6-16-8-4-12-14(2)5-8/h4-5H,6H2,1-3H3. The highest BCUT2D eigenvalue weighted by molar-refractivity contribution is 6.31. The summed E-state index contributed by atoms with van der Waals surface area (Å²) in [6.45, 7) is 2.26. The molecule has 2 heterocycles. The molecule has 2 aromatic heterocycles. The van der Waals surface area contributed by atoms with Crippen molar-refractivity contribution in [3.63, 3.8) is 0 Å². The lowest BCUT2D eigenvalue weighted by Gasteiger charge is -2.04. The van der Waals surface area contributed by atoms with Gasteiger partial charge in [0.15, 0.2) is 5.75 Å². The molecule has 0 bridgehead atoms. The number of rotatable bonds is 3. The molecule has 0 radical (unpaired) electrons. The lowest BCUT2D eigenvalue weighted by Crippen LogP contribution is -2.03. The highest BCUT2D eigenvalue weighted by Gasteiger charge is 2.11. The highest BCUT2D eigenvalue weighted by atomic mass is 35.5. The second-order valence-corrected chi connectivity index (χ2v) is 3.99. The average molecular weight is 241 g/mol. The summed E-state index contributed by atoms with van der Waals surface area (Å²) in [5, 5.41) is 8.89. The van der Waals surface area contributed by atoms with Crippen LogP contribution in [0.5, 0.6) is 5.75 Å². The molecule has 16 heavy (non-hydrogen) atoms. The van der Waals surface area contributed by atoms with E-state index in [1.807, 2.05) is 21.0 Å². The third-order valence-electron chi connectivity index (χ3n) is 2.32. The van der Waals surface area contributed by atoms with E-state index in [4.69, 9.17) is 16.3 Å². The molecule has 2 rings (SSSR count). The van der Waals surface area contributed by atoms with Crippen LogP contribution >= 0.6 is 11.6 Å². The van der Waals surface area contributed by atoms with Crippen molar-refractivity contribution in [2.24, 2.45) is 14.1 Å². The quantitative estimate of drug-likeness (QED) is 0.820. The fraction of sp³-hybridized carbons (Fsp3) is 0.400. The molecule has 0 saturated carbocycles. The maximum atomic E-state index is 6.10. The third-order valence-corrected chi connectivity index (χ3v) is 2.81. The van der Waals surface area contributed by atoms with Crippen molar-refractivity contribution in [2.75, 3.05) is 0 Å². The molecule has 0 unspecified atom stereocenters. The van der Waals surface area contributed by atoms with Gasteiger partial charge in [0.25, 0.3) is 0 Å². The van der Waals surface area contributed by atoms with Gasteiger partial charge in [0.1, 0.15) is 6.61 Å². The van der Waals surface area contributed by atoms with Crippen molar-refractivity contribution in [3.05, 3.63) is 28.8 Å². The Labute approximate surface area is 98.6 Å². The lowest BCUT2D eigenvalue weighted by atomic mass is 10.4. The third kappa shape index (κ3) is 2.04. The Kier molecular flexibility index (Phi) is 2.87. The molecule has 0 atom stereocenters. The van der Waals surface area contributed by atoms with Gasteiger partial charge in [0, 0.05) is 14.1 Å². The van der Waals surface area contributed by atoms with Crippen LogP contribution in [-0.4, -0.2) is 19.6 Å². The van der Waals surface area contributed by atoms with Crippen LogP contribution in [0.1, 0.15) is 11.4 Å². The Morgan fingerprint density at radius 2 is 2.19 bits per heavy atom. The number of nitrogens with zero attached hydrogens (tertiary/aromatic N) is 4. The fourth-order valence-electron chi connectivity index (χ4n) is 1.46. The summed E-state index contributed by atoms with van der Waals surface area (Å²) in [5.74, 6) is 0.720. The first-order valence-electron chi connectivity index (χ1n) is 4.87. The molecule has 0 saturated heterocycles. The van der Waals surface area contributed by atoms with Crippen molar-refractivity contribution in [3.8, 4) is 5.75 Å². The van der Waals surface area contributed by atoms with Crippen molar-refractivity contribution in [1.29, 1.82) is 0 Å². The topological polar surface area (TPSA) is 44.9 Å². The van der Waals surface area contributed by atoms with E-state index in [1.54, 1.807) is 21.8 Å². The van der Waals surface area contributed by atoms with Gasteiger partial charge in [-0.05, 0) is 6.92 Å². The van der Waals surface area contributed by atoms with Gasteiger partial charge >= 0.3 is 0 Å². The minimum Gasteiger partial charge on any atom is -0.484 e. The minimum atomic E-state index is 0.391. The molecule has 0 spiro atoms. The minimum absolute atomic E-state index is 0.391. The van der Waals surface area contributed by atoms with Gasteiger partial charge in [-0.15, -0.1) is 0 Å². The second kappa shape index (κ2) is 4.17. The number of aryl methyl sites for hydroxylation is 3. The van der Waals surface area contributed by atoms with Crippen LogP contribution in [0, 0.1) is 6.92 Å². The van der Waals surface area contributed by atoms with E-state index in [9.17, 15) is 0 Å². The first kappa shape index (κ1) is 11.0. The molecule has 86 valence electrons. The summed E-state index contributed by atoms with van der Waals surface area (Å²) >= 11 is 6.10. The Hall–Kier alpha value is -1.49. The zero-order valence-electron chi connectivity index (χ0n) is 9.44. The number of ether oxygens (including phenoxy) is 1. The molecule has 2 aromatic rings. The fourth-order valence-corrected chi connectivity index (χ4v) is 1.68. The van der Waals surface area contributed by atoms with Gasteiger partial charge < -0.3 is 4.74 Å². The van der Waals surface area contributed by atoms with Gasteiger partial charge in [0.2, 0.25) is 0 Å². The van der Waals surface area contributed by atoms with Crippen molar-refractivity contribution in [2.45, 2.75) is 13.5 Å². The van der Waals surface area contributed by atoms with E-state index < -0.39 is 0 Å². The van der Waals surface area contributed by atoms with E-state index in [-0.39, 0.29) is 0 Å². The molecule has 0 aliphatic rings. The Balaban J connectivity index is 2.10. The smallest absolute Gasteiger partial charge is 0.157 e. The number of hydrogen-bond acceptors (Lipinski definition) is 3. The summed E-state index contributed by atoms with van der Waals surface area (Å²) in [4.78, 5) is 0. The lowest BCUT2D eigenvalue weighted by molar-refractivity contribution is 0.294. The molecular weight excluding hydrogens is 228 g/mol. The highest BCUT2D eigenvalue weighted by Crippen LogP contribution is 2.21. The van der Waals surface area contributed by atoms with Crippen LogP contribution in [-0.2, 0) is 20.7 Å². The maximum absolute atomic E-state index is 6.10. The molecule has 0 N–H and O–H groups in total. The first-order valence-corrected chi connectivity index (χ1v) is 5.25. The van der Waals surface area contributed by atoms with Crippen LogP contribution in [0.15, 0.2) is 12.4 Å². The average Bonchev–Trinajstić information content (AvgIpc) is 2.72. The van der Waals surface area contributed by atoms with Crippen LogP contribution in [0.2, 0.25) is 5.02 Å². The molecule has 0 fully saturated rings. The van der Waals surface area contributed by atoms with E-state index in [0.717, 1.165) is 17.1 Å². The Morgan fingerprint density at radius 3 is 2.69 bits per heavy atom.